The quantitative estimate of drug-likeness (QED) is 0.488. The number of unbranched alkanes of at least 4 members (excludes halogenated alkanes) is 2. The van der Waals surface area contributed by atoms with Crippen LogP contribution in [0.2, 0.25) is 0 Å². The molecule has 0 saturated carbocycles. The Labute approximate surface area is 106 Å². The maximum atomic E-state index is 3.77. The van der Waals surface area contributed by atoms with Gasteiger partial charge in [-0.1, -0.05) is 62.6 Å². The second-order valence-electron chi connectivity index (χ2n) is 4.49. The molecule has 1 nitrogen and oxygen atoms in total. The van der Waals surface area contributed by atoms with E-state index in [0.717, 1.165) is 13.0 Å². The molecule has 0 fully saturated rings. The minimum Gasteiger partial charge on any atom is -0.310 e. The van der Waals surface area contributed by atoms with E-state index in [9.17, 15) is 0 Å². The average molecular weight is 231 g/mol. The fraction of sp³-hybridized carbons (Fsp3) is 0.500. The fourth-order valence-corrected chi connectivity index (χ4v) is 2.03. The molecule has 0 aliphatic rings. The zero-order chi connectivity index (χ0) is 12.3. The minimum absolute atomic E-state index is 0.502. The van der Waals surface area contributed by atoms with Gasteiger partial charge in [-0.05, 0) is 24.9 Å². The van der Waals surface area contributed by atoms with Crippen LogP contribution in [0.5, 0.6) is 0 Å². The summed E-state index contributed by atoms with van der Waals surface area (Å²) >= 11 is 0. The predicted molar refractivity (Wildman–Crippen MR) is 76.1 cm³/mol. The van der Waals surface area contributed by atoms with Crippen molar-refractivity contribution in [1.29, 1.82) is 0 Å². The standard InChI is InChI=1S/C16H25N/c1-3-5-8-13-16(17-14-6-4-2)15-11-9-7-10-12-15/h4,7,9-12,16-17H,2-3,5-6,8,13-14H2,1H3. The van der Waals surface area contributed by atoms with Crippen molar-refractivity contribution in [2.24, 2.45) is 0 Å². The number of benzene rings is 1. The van der Waals surface area contributed by atoms with E-state index in [2.05, 4.69) is 49.2 Å². The molecule has 0 radical (unpaired) electrons. The first kappa shape index (κ1) is 14.0. The smallest absolute Gasteiger partial charge is 0.0320 e. The maximum absolute atomic E-state index is 3.77. The lowest BCUT2D eigenvalue weighted by Crippen LogP contribution is -2.22. The van der Waals surface area contributed by atoms with Gasteiger partial charge in [0.05, 0.1) is 0 Å². The lowest BCUT2D eigenvalue weighted by Gasteiger charge is -2.18. The van der Waals surface area contributed by atoms with Crippen LogP contribution in [-0.4, -0.2) is 6.54 Å². The molecule has 1 atom stereocenters. The molecule has 1 aromatic rings. The Kier molecular flexibility index (Phi) is 7.40. The number of hydrogen-bond acceptors (Lipinski definition) is 1. The van der Waals surface area contributed by atoms with Crippen molar-refractivity contribution < 1.29 is 0 Å². The van der Waals surface area contributed by atoms with Gasteiger partial charge in [-0.15, -0.1) is 6.58 Å². The molecule has 0 saturated heterocycles. The van der Waals surface area contributed by atoms with Crippen LogP contribution in [0, 0.1) is 0 Å². The van der Waals surface area contributed by atoms with Crippen molar-refractivity contribution in [3.8, 4) is 0 Å². The van der Waals surface area contributed by atoms with Crippen molar-refractivity contribution in [2.45, 2.75) is 45.1 Å². The second-order valence-corrected chi connectivity index (χ2v) is 4.49. The van der Waals surface area contributed by atoms with E-state index in [-0.39, 0.29) is 0 Å². The minimum atomic E-state index is 0.502. The lowest BCUT2D eigenvalue weighted by atomic mass is 10.0. The summed E-state index contributed by atoms with van der Waals surface area (Å²) in [6.45, 7) is 7.04. The van der Waals surface area contributed by atoms with Gasteiger partial charge in [0.25, 0.3) is 0 Å². The molecule has 1 heteroatoms. The summed E-state index contributed by atoms with van der Waals surface area (Å²) in [5.41, 5.74) is 1.41. The first-order chi connectivity index (χ1) is 8.38. The summed E-state index contributed by atoms with van der Waals surface area (Å²) in [7, 11) is 0. The van der Waals surface area contributed by atoms with E-state index in [0.29, 0.717) is 6.04 Å². The van der Waals surface area contributed by atoms with Crippen LogP contribution in [0.25, 0.3) is 0 Å². The van der Waals surface area contributed by atoms with Crippen LogP contribution < -0.4 is 5.32 Å². The van der Waals surface area contributed by atoms with Gasteiger partial charge in [0.1, 0.15) is 0 Å². The molecule has 0 aliphatic heterocycles. The van der Waals surface area contributed by atoms with Gasteiger partial charge in [0.15, 0.2) is 0 Å². The molecular formula is C16H25N. The summed E-state index contributed by atoms with van der Waals surface area (Å²) in [5, 5.41) is 3.62. The summed E-state index contributed by atoms with van der Waals surface area (Å²) in [6.07, 6.45) is 8.16. The van der Waals surface area contributed by atoms with Gasteiger partial charge in [-0.3, -0.25) is 0 Å². The molecular weight excluding hydrogens is 206 g/mol. The Balaban J connectivity index is 2.49. The van der Waals surface area contributed by atoms with Crippen molar-refractivity contribution in [3.63, 3.8) is 0 Å². The fourth-order valence-electron chi connectivity index (χ4n) is 2.03. The molecule has 0 bridgehead atoms. The van der Waals surface area contributed by atoms with Crippen molar-refractivity contribution in [3.05, 3.63) is 48.6 Å². The van der Waals surface area contributed by atoms with E-state index >= 15 is 0 Å². The van der Waals surface area contributed by atoms with E-state index < -0.39 is 0 Å². The number of hydrogen-bond donors (Lipinski definition) is 1. The van der Waals surface area contributed by atoms with Crippen molar-refractivity contribution in [2.75, 3.05) is 6.54 Å². The summed E-state index contributed by atoms with van der Waals surface area (Å²) in [5.74, 6) is 0. The lowest BCUT2D eigenvalue weighted by molar-refractivity contribution is 0.479. The highest BCUT2D eigenvalue weighted by Crippen LogP contribution is 2.19. The van der Waals surface area contributed by atoms with E-state index in [1.165, 1.54) is 31.2 Å². The van der Waals surface area contributed by atoms with Gasteiger partial charge in [-0.2, -0.15) is 0 Å². The zero-order valence-corrected chi connectivity index (χ0v) is 11.0. The van der Waals surface area contributed by atoms with E-state index in [4.69, 9.17) is 0 Å². The molecule has 94 valence electrons. The van der Waals surface area contributed by atoms with Crippen LogP contribution in [0.4, 0.5) is 0 Å². The van der Waals surface area contributed by atoms with Gasteiger partial charge < -0.3 is 5.32 Å². The van der Waals surface area contributed by atoms with Gasteiger partial charge in [0.2, 0.25) is 0 Å². The molecule has 1 N–H and O–H groups in total. The molecule has 1 unspecified atom stereocenters. The van der Waals surface area contributed by atoms with E-state index in [1.807, 2.05) is 6.08 Å². The zero-order valence-electron chi connectivity index (χ0n) is 11.0. The first-order valence-electron chi connectivity index (χ1n) is 6.77. The van der Waals surface area contributed by atoms with Crippen LogP contribution >= 0.6 is 0 Å². The maximum Gasteiger partial charge on any atom is 0.0320 e. The third kappa shape index (κ3) is 5.69. The number of rotatable bonds is 9. The monoisotopic (exact) mass is 231 g/mol. The topological polar surface area (TPSA) is 12.0 Å². The normalized spacial score (nSPS) is 12.3. The van der Waals surface area contributed by atoms with E-state index in [1.54, 1.807) is 0 Å². The predicted octanol–water partition coefficient (Wildman–Crippen LogP) is 4.47. The van der Waals surface area contributed by atoms with Crippen LogP contribution in [-0.2, 0) is 0 Å². The highest BCUT2D eigenvalue weighted by molar-refractivity contribution is 5.18. The molecule has 1 rings (SSSR count). The Morgan fingerprint density at radius 1 is 1.24 bits per heavy atom. The highest BCUT2D eigenvalue weighted by atomic mass is 14.9. The Bertz CT molecular complexity index is 292. The first-order valence-corrected chi connectivity index (χ1v) is 6.77. The molecule has 0 aromatic heterocycles. The second kappa shape index (κ2) is 9.00. The highest BCUT2D eigenvalue weighted by Gasteiger charge is 2.09. The van der Waals surface area contributed by atoms with Crippen molar-refractivity contribution in [1.82, 2.24) is 5.32 Å². The van der Waals surface area contributed by atoms with Gasteiger partial charge in [0, 0.05) is 6.04 Å². The van der Waals surface area contributed by atoms with Gasteiger partial charge >= 0.3 is 0 Å². The molecule has 0 spiro atoms. The third-order valence-corrected chi connectivity index (χ3v) is 3.04. The Hall–Kier alpha value is -1.08. The SMILES string of the molecule is C=CCCNC(CCCCC)c1ccccc1. The van der Waals surface area contributed by atoms with Crippen molar-refractivity contribution >= 4 is 0 Å². The summed E-state index contributed by atoms with van der Waals surface area (Å²) < 4.78 is 0. The van der Waals surface area contributed by atoms with Crippen LogP contribution in [0.1, 0.15) is 50.6 Å². The van der Waals surface area contributed by atoms with Crippen LogP contribution in [0.15, 0.2) is 43.0 Å². The molecule has 0 amide bonds. The summed E-state index contributed by atoms with van der Waals surface area (Å²) in [4.78, 5) is 0. The van der Waals surface area contributed by atoms with Gasteiger partial charge in [-0.25, -0.2) is 0 Å². The molecule has 0 heterocycles. The van der Waals surface area contributed by atoms with Crippen LogP contribution in [0.3, 0.4) is 0 Å². The number of nitrogens with one attached hydrogen (secondary N) is 1. The Morgan fingerprint density at radius 2 is 2.00 bits per heavy atom. The Morgan fingerprint density at radius 3 is 2.65 bits per heavy atom. The molecule has 1 aromatic carbocycles. The summed E-state index contributed by atoms with van der Waals surface area (Å²) in [6, 6.07) is 11.3. The molecule has 0 aliphatic carbocycles. The molecule has 17 heavy (non-hydrogen) atoms. The third-order valence-electron chi connectivity index (χ3n) is 3.04. The average Bonchev–Trinajstić information content (AvgIpc) is 2.38. The largest absolute Gasteiger partial charge is 0.310 e.